The third-order valence-corrected chi connectivity index (χ3v) is 13.0. The highest BCUT2D eigenvalue weighted by molar-refractivity contribution is 7.25. The topological polar surface area (TPSA) is 56.7 Å². The smallest absolute Gasteiger partial charge is 0.164 e. The molecule has 6 heteroatoms. The molecule has 0 atom stereocenters. The first kappa shape index (κ1) is 32.4. The third kappa shape index (κ3) is 4.87. The van der Waals surface area contributed by atoms with E-state index in [0.717, 1.165) is 66.1 Å². The van der Waals surface area contributed by atoms with Crippen molar-refractivity contribution in [1.82, 2.24) is 19.5 Å². The molecule has 0 aliphatic heterocycles. The summed E-state index contributed by atoms with van der Waals surface area (Å²) in [5.74, 6) is 1.83. The molecule has 0 spiro atoms. The lowest BCUT2D eigenvalue weighted by molar-refractivity contribution is 0.670. The summed E-state index contributed by atoms with van der Waals surface area (Å²) in [6.45, 7) is 0. The number of fused-ring (bicyclic) bond motifs is 12. The molecule has 0 radical (unpaired) electrons. The molecule has 0 saturated heterocycles. The molecule has 0 bridgehead atoms. The second-order valence-electron chi connectivity index (χ2n) is 15.2. The fourth-order valence-electron chi connectivity index (χ4n) is 9.08. The van der Waals surface area contributed by atoms with Crippen LogP contribution >= 0.6 is 11.3 Å². The fraction of sp³-hybridized carbons (Fsp3) is 0. The van der Waals surface area contributed by atoms with Crippen LogP contribution in [0.4, 0.5) is 0 Å². The number of benzene rings is 9. The number of thiophene rings is 1. The summed E-state index contributed by atoms with van der Waals surface area (Å²) in [4.78, 5) is 15.7. The van der Waals surface area contributed by atoms with Crippen molar-refractivity contribution in [3.8, 4) is 39.9 Å². The van der Waals surface area contributed by atoms with Crippen LogP contribution in [0.3, 0.4) is 0 Å². The lowest BCUT2D eigenvalue weighted by Gasteiger charge is -2.13. The molecule has 5 nitrogen and oxygen atoms in total. The van der Waals surface area contributed by atoms with Crippen LogP contribution in [0.25, 0.3) is 125 Å². The van der Waals surface area contributed by atoms with Crippen LogP contribution in [0, 0.1) is 0 Å². The van der Waals surface area contributed by atoms with Crippen molar-refractivity contribution in [2.45, 2.75) is 0 Å². The first-order valence-corrected chi connectivity index (χ1v) is 20.6. The van der Waals surface area contributed by atoms with Crippen molar-refractivity contribution in [1.29, 1.82) is 0 Å². The highest BCUT2D eigenvalue weighted by Crippen LogP contribution is 2.45. The molecule has 4 aromatic heterocycles. The first-order chi connectivity index (χ1) is 29.2. The summed E-state index contributed by atoms with van der Waals surface area (Å²) in [5.41, 5.74) is 7.55. The highest BCUT2D eigenvalue weighted by Gasteiger charge is 2.24. The van der Waals surface area contributed by atoms with E-state index >= 15 is 0 Å². The zero-order chi connectivity index (χ0) is 38.6. The summed E-state index contributed by atoms with van der Waals surface area (Å²) < 4.78 is 12.1. The number of hydrogen-bond acceptors (Lipinski definition) is 5. The minimum absolute atomic E-state index is 0.588. The Kier molecular flexibility index (Phi) is 6.82. The average molecular weight is 771 g/mol. The van der Waals surface area contributed by atoms with Crippen LogP contribution < -0.4 is 0 Å². The van der Waals surface area contributed by atoms with Crippen molar-refractivity contribution in [3.63, 3.8) is 0 Å². The second kappa shape index (κ2) is 12.4. The van der Waals surface area contributed by atoms with E-state index in [1.54, 1.807) is 11.3 Å². The summed E-state index contributed by atoms with van der Waals surface area (Å²) in [7, 11) is 0. The van der Waals surface area contributed by atoms with E-state index < -0.39 is 0 Å². The third-order valence-electron chi connectivity index (χ3n) is 11.8. The Labute approximate surface area is 341 Å². The minimum atomic E-state index is 0.588. The molecule has 0 aliphatic rings. The molecule has 13 rings (SSSR count). The molecule has 274 valence electrons. The highest BCUT2D eigenvalue weighted by atomic mass is 32.1. The van der Waals surface area contributed by atoms with Gasteiger partial charge in [0.2, 0.25) is 0 Å². The normalized spacial score (nSPS) is 12.1. The molecule has 0 aliphatic carbocycles. The van der Waals surface area contributed by atoms with Gasteiger partial charge >= 0.3 is 0 Å². The largest absolute Gasteiger partial charge is 0.453 e. The molecule has 0 unspecified atom stereocenters. The number of rotatable bonds is 4. The fourth-order valence-corrected chi connectivity index (χ4v) is 10.2. The number of furan rings is 1. The van der Waals surface area contributed by atoms with Gasteiger partial charge in [0.1, 0.15) is 5.58 Å². The number of para-hydroxylation sites is 1. The predicted molar refractivity (Wildman–Crippen MR) is 246 cm³/mol. The summed E-state index contributed by atoms with van der Waals surface area (Å²) in [5, 5.41) is 11.4. The molecular weight excluding hydrogens is 741 g/mol. The zero-order valence-electron chi connectivity index (χ0n) is 31.4. The molecule has 13 aromatic rings. The summed E-state index contributed by atoms with van der Waals surface area (Å²) in [6.07, 6.45) is 0. The Morgan fingerprint density at radius 1 is 0.390 bits per heavy atom. The van der Waals surface area contributed by atoms with Crippen LogP contribution in [0.5, 0.6) is 0 Å². The summed E-state index contributed by atoms with van der Waals surface area (Å²) >= 11 is 1.81. The molecule has 9 aromatic carbocycles. The van der Waals surface area contributed by atoms with Gasteiger partial charge in [-0.3, -0.25) is 0 Å². The Hall–Kier alpha value is -7.67. The SMILES string of the molecule is c1ccc(-c2nc(-c3ccc4sc5ccccc5c4c3)nc(-c3ccc(-n4c5ccccc5c5cc6ccccc6cc54)c4oc5c6ccccc6ccc5c34)n2)cc1. The van der Waals surface area contributed by atoms with Crippen molar-refractivity contribution in [2.24, 2.45) is 0 Å². The maximum atomic E-state index is 7.19. The maximum absolute atomic E-state index is 7.19. The van der Waals surface area contributed by atoms with E-state index in [2.05, 4.69) is 168 Å². The quantitative estimate of drug-likeness (QED) is 0.179. The van der Waals surface area contributed by atoms with Gasteiger partial charge in [-0.05, 0) is 76.8 Å². The van der Waals surface area contributed by atoms with Gasteiger partial charge in [-0.15, -0.1) is 11.3 Å². The van der Waals surface area contributed by atoms with Crippen molar-refractivity contribution in [3.05, 3.63) is 182 Å². The zero-order valence-corrected chi connectivity index (χ0v) is 32.2. The van der Waals surface area contributed by atoms with E-state index in [4.69, 9.17) is 19.4 Å². The Bertz CT molecular complexity index is 3860. The van der Waals surface area contributed by atoms with Crippen molar-refractivity contribution in [2.75, 3.05) is 0 Å². The van der Waals surface area contributed by atoms with Gasteiger partial charge in [0, 0.05) is 63.8 Å². The molecule has 0 saturated carbocycles. The molecule has 4 heterocycles. The van der Waals surface area contributed by atoms with Gasteiger partial charge in [-0.25, -0.2) is 15.0 Å². The van der Waals surface area contributed by atoms with Gasteiger partial charge < -0.3 is 8.98 Å². The van der Waals surface area contributed by atoms with Gasteiger partial charge in [0.25, 0.3) is 0 Å². The lowest BCUT2D eigenvalue weighted by Crippen LogP contribution is -2.01. The molecule has 0 amide bonds. The number of nitrogens with zero attached hydrogens (tertiary/aromatic N) is 4. The monoisotopic (exact) mass is 770 g/mol. The van der Waals surface area contributed by atoms with E-state index in [1.165, 1.54) is 41.7 Å². The van der Waals surface area contributed by atoms with E-state index in [0.29, 0.717) is 17.5 Å². The number of aromatic nitrogens is 4. The number of hydrogen-bond donors (Lipinski definition) is 0. The van der Waals surface area contributed by atoms with E-state index in [9.17, 15) is 0 Å². The van der Waals surface area contributed by atoms with Gasteiger partial charge in [-0.2, -0.15) is 0 Å². The maximum Gasteiger partial charge on any atom is 0.164 e. The molecule has 59 heavy (non-hydrogen) atoms. The van der Waals surface area contributed by atoms with E-state index in [1.807, 2.05) is 18.2 Å². The van der Waals surface area contributed by atoms with Crippen molar-refractivity contribution < 1.29 is 4.42 Å². The summed E-state index contributed by atoms with van der Waals surface area (Å²) in [6, 6.07) is 64.3. The van der Waals surface area contributed by atoms with Crippen LogP contribution in [-0.2, 0) is 0 Å². The average Bonchev–Trinajstić information content (AvgIpc) is 3.98. The second-order valence-corrected chi connectivity index (χ2v) is 16.2. The Balaban J connectivity index is 1.13. The Morgan fingerprint density at radius 3 is 1.93 bits per heavy atom. The van der Waals surface area contributed by atoms with Crippen LogP contribution in [0.1, 0.15) is 0 Å². The lowest BCUT2D eigenvalue weighted by atomic mass is 10.0. The predicted octanol–water partition coefficient (Wildman–Crippen LogP) is 14.5. The minimum Gasteiger partial charge on any atom is -0.453 e. The van der Waals surface area contributed by atoms with Crippen LogP contribution in [-0.4, -0.2) is 19.5 Å². The van der Waals surface area contributed by atoms with Gasteiger partial charge in [0.15, 0.2) is 23.1 Å². The van der Waals surface area contributed by atoms with Gasteiger partial charge in [-0.1, -0.05) is 121 Å². The standard InChI is InChI=1S/C53H30N4OS/c1-2-13-32(14-3-1)51-54-52(35-23-27-47-42(29-35)38-19-9-11-21-46(38)59-47)56-53(55-51)40-25-26-44(50-48(40)39-24-22-31-12-6-7-17-36(31)49(39)58-50)57-43-20-10-8-18-37(43)41-28-33-15-4-5-16-34(33)30-45(41)57/h1-30H. The van der Waals surface area contributed by atoms with E-state index in [-0.39, 0.29) is 0 Å². The molecule has 0 fully saturated rings. The van der Waals surface area contributed by atoms with Crippen molar-refractivity contribution >= 4 is 96.8 Å². The Morgan fingerprint density at radius 2 is 1.07 bits per heavy atom. The van der Waals surface area contributed by atoms with Crippen LogP contribution in [0.15, 0.2) is 186 Å². The molecular formula is C53H30N4OS. The first-order valence-electron chi connectivity index (χ1n) is 19.8. The molecule has 0 N–H and O–H groups in total. The van der Waals surface area contributed by atoms with Gasteiger partial charge in [0.05, 0.1) is 16.7 Å². The van der Waals surface area contributed by atoms with Crippen LogP contribution in [0.2, 0.25) is 0 Å².